The van der Waals surface area contributed by atoms with E-state index in [-0.39, 0.29) is 28.9 Å². The SMILES string of the molecule is CCCC(N)[C@]1(c2ccc(F)cc2)CC[C@@H](Oc2cc3cc[nH]c(=O)c3cc2Cl)CC1. The highest BCUT2D eigenvalue weighted by Gasteiger charge is 2.42. The van der Waals surface area contributed by atoms with Crippen molar-refractivity contribution in [2.24, 2.45) is 5.73 Å². The van der Waals surface area contributed by atoms with Crippen LogP contribution in [0.1, 0.15) is 51.0 Å². The van der Waals surface area contributed by atoms with Gasteiger partial charge in [0.2, 0.25) is 0 Å². The summed E-state index contributed by atoms with van der Waals surface area (Å²) in [5.41, 5.74) is 7.44. The van der Waals surface area contributed by atoms with Gasteiger partial charge in [-0.1, -0.05) is 37.1 Å². The van der Waals surface area contributed by atoms with Crippen molar-refractivity contribution < 1.29 is 9.13 Å². The van der Waals surface area contributed by atoms with Crippen LogP contribution in [-0.2, 0) is 5.41 Å². The summed E-state index contributed by atoms with van der Waals surface area (Å²) in [5, 5.41) is 1.77. The number of fused-ring (bicyclic) bond motifs is 1. The molecule has 164 valence electrons. The van der Waals surface area contributed by atoms with Gasteiger partial charge in [0.05, 0.1) is 11.1 Å². The van der Waals surface area contributed by atoms with Gasteiger partial charge in [-0.05, 0) is 73.4 Å². The third-order valence-electron chi connectivity index (χ3n) is 6.67. The molecule has 31 heavy (non-hydrogen) atoms. The van der Waals surface area contributed by atoms with E-state index in [1.165, 1.54) is 12.1 Å². The van der Waals surface area contributed by atoms with Crippen LogP contribution >= 0.6 is 11.6 Å². The van der Waals surface area contributed by atoms with Gasteiger partial charge in [0.15, 0.2) is 0 Å². The molecule has 0 amide bonds. The van der Waals surface area contributed by atoms with E-state index in [1.807, 2.05) is 24.3 Å². The Hall–Kier alpha value is -2.37. The molecule has 1 aliphatic rings. The monoisotopic (exact) mass is 442 g/mol. The van der Waals surface area contributed by atoms with E-state index >= 15 is 0 Å². The third kappa shape index (κ3) is 4.35. The topological polar surface area (TPSA) is 68.1 Å². The number of benzene rings is 2. The number of hydrogen-bond acceptors (Lipinski definition) is 3. The van der Waals surface area contributed by atoms with Gasteiger partial charge in [-0.15, -0.1) is 0 Å². The van der Waals surface area contributed by atoms with Crippen molar-refractivity contribution >= 4 is 22.4 Å². The lowest BCUT2D eigenvalue weighted by Crippen LogP contribution is -2.49. The van der Waals surface area contributed by atoms with Crippen molar-refractivity contribution in [2.45, 2.75) is 63.0 Å². The average Bonchev–Trinajstić information content (AvgIpc) is 2.76. The first-order valence-corrected chi connectivity index (χ1v) is 11.3. The number of aromatic amines is 1. The number of pyridine rings is 1. The number of halogens is 2. The van der Waals surface area contributed by atoms with Crippen LogP contribution < -0.4 is 16.0 Å². The number of hydrogen-bond donors (Lipinski definition) is 2. The summed E-state index contributed by atoms with van der Waals surface area (Å²) in [6.07, 6.45) is 6.97. The lowest BCUT2D eigenvalue weighted by molar-refractivity contribution is 0.103. The van der Waals surface area contributed by atoms with Crippen molar-refractivity contribution in [3.8, 4) is 5.75 Å². The Morgan fingerprint density at radius 1 is 1.23 bits per heavy atom. The van der Waals surface area contributed by atoms with Crippen LogP contribution in [-0.4, -0.2) is 17.1 Å². The minimum absolute atomic E-state index is 0.0133. The molecule has 2 aromatic carbocycles. The fourth-order valence-electron chi connectivity index (χ4n) is 4.93. The van der Waals surface area contributed by atoms with Gasteiger partial charge in [-0.25, -0.2) is 4.39 Å². The molecule has 0 saturated heterocycles. The summed E-state index contributed by atoms with van der Waals surface area (Å²) in [6, 6.07) is 12.1. The fraction of sp³-hybridized carbons (Fsp3) is 0.400. The van der Waals surface area contributed by atoms with Crippen molar-refractivity contribution in [3.05, 3.63) is 75.4 Å². The van der Waals surface area contributed by atoms with Crippen molar-refractivity contribution in [1.29, 1.82) is 0 Å². The Morgan fingerprint density at radius 3 is 2.61 bits per heavy atom. The zero-order chi connectivity index (χ0) is 22.0. The molecule has 4 nitrogen and oxygen atoms in total. The maximum Gasteiger partial charge on any atom is 0.255 e. The van der Waals surface area contributed by atoms with Crippen molar-refractivity contribution in [2.75, 3.05) is 0 Å². The van der Waals surface area contributed by atoms with E-state index in [2.05, 4.69) is 11.9 Å². The average molecular weight is 443 g/mol. The molecule has 1 saturated carbocycles. The first-order chi connectivity index (χ1) is 14.9. The first kappa shape index (κ1) is 21.8. The van der Waals surface area contributed by atoms with E-state index < -0.39 is 0 Å². The van der Waals surface area contributed by atoms with Gasteiger partial charge in [0.1, 0.15) is 11.6 Å². The molecule has 3 N–H and O–H groups in total. The normalized spacial score (nSPS) is 22.4. The highest BCUT2D eigenvalue weighted by atomic mass is 35.5. The maximum absolute atomic E-state index is 13.5. The number of H-pyrrole nitrogens is 1. The number of aromatic nitrogens is 1. The predicted octanol–water partition coefficient (Wildman–Crippen LogP) is 5.71. The second kappa shape index (κ2) is 9.01. The molecule has 6 heteroatoms. The summed E-state index contributed by atoms with van der Waals surface area (Å²) < 4.78 is 19.8. The molecule has 1 fully saturated rings. The van der Waals surface area contributed by atoms with Crippen molar-refractivity contribution in [3.63, 3.8) is 0 Å². The zero-order valence-electron chi connectivity index (χ0n) is 17.7. The van der Waals surface area contributed by atoms with Crippen molar-refractivity contribution in [1.82, 2.24) is 4.98 Å². The minimum atomic E-state index is -0.232. The zero-order valence-corrected chi connectivity index (χ0v) is 18.4. The summed E-state index contributed by atoms with van der Waals surface area (Å²) in [6.45, 7) is 2.14. The van der Waals surface area contributed by atoms with Gasteiger partial charge in [-0.2, -0.15) is 0 Å². The van der Waals surface area contributed by atoms with E-state index in [1.54, 1.807) is 12.3 Å². The molecule has 0 spiro atoms. The Bertz CT molecular complexity index is 1100. The van der Waals surface area contributed by atoms with Crippen LogP contribution in [0.4, 0.5) is 4.39 Å². The number of ether oxygens (including phenoxy) is 1. The highest BCUT2D eigenvalue weighted by molar-refractivity contribution is 6.32. The van der Waals surface area contributed by atoms with Crippen LogP contribution in [0.25, 0.3) is 10.8 Å². The summed E-state index contributed by atoms with van der Waals surface area (Å²) >= 11 is 6.42. The predicted molar refractivity (Wildman–Crippen MR) is 123 cm³/mol. The molecule has 1 heterocycles. The molecule has 3 aromatic rings. The molecule has 1 atom stereocenters. The Balaban J connectivity index is 1.55. The Kier molecular flexibility index (Phi) is 6.35. The Labute approximate surface area is 186 Å². The molecule has 0 aliphatic heterocycles. The molecule has 1 unspecified atom stereocenters. The fourth-order valence-corrected chi connectivity index (χ4v) is 5.13. The minimum Gasteiger partial charge on any atom is -0.489 e. The van der Waals surface area contributed by atoms with Gasteiger partial charge in [0, 0.05) is 23.0 Å². The number of nitrogens with one attached hydrogen (secondary N) is 1. The van der Waals surface area contributed by atoms with Gasteiger partial charge in [0.25, 0.3) is 5.56 Å². The van der Waals surface area contributed by atoms with Gasteiger partial charge in [-0.3, -0.25) is 4.79 Å². The molecule has 1 aromatic heterocycles. The Morgan fingerprint density at radius 2 is 1.94 bits per heavy atom. The van der Waals surface area contributed by atoms with Crippen LogP contribution in [0.2, 0.25) is 5.02 Å². The second-order valence-corrected chi connectivity index (χ2v) is 8.96. The van der Waals surface area contributed by atoms with Gasteiger partial charge < -0.3 is 15.5 Å². The quantitative estimate of drug-likeness (QED) is 0.514. The number of rotatable bonds is 6. The summed E-state index contributed by atoms with van der Waals surface area (Å²) in [4.78, 5) is 14.6. The molecule has 1 aliphatic carbocycles. The van der Waals surface area contributed by atoms with E-state index in [0.29, 0.717) is 16.2 Å². The smallest absolute Gasteiger partial charge is 0.255 e. The molecule has 0 bridgehead atoms. The van der Waals surface area contributed by atoms with E-state index in [4.69, 9.17) is 22.1 Å². The van der Waals surface area contributed by atoms with Crippen LogP contribution in [0.15, 0.2) is 53.5 Å². The van der Waals surface area contributed by atoms with E-state index in [0.717, 1.165) is 49.5 Å². The summed E-state index contributed by atoms with van der Waals surface area (Å²) in [7, 11) is 0. The molecule has 4 rings (SSSR count). The molecular weight excluding hydrogens is 415 g/mol. The standard InChI is InChI=1S/C25H28ClFN2O2/c1-2-3-23(28)25(17-4-6-18(27)7-5-17)11-8-19(9-12-25)31-22-14-16-10-13-29-24(30)20(16)15-21(22)26/h4-7,10,13-15,19,23H,2-3,8-9,11-12,28H2,1H3,(H,29,30)/t19-,23?,25-. The van der Waals surface area contributed by atoms with Crippen LogP contribution in [0, 0.1) is 5.82 Å². The third-order valence-corrected chi connectivity index (χ3v) is 6.97. The molecule has 0 radical (unpaired) electrons. The summed E-state index contributed by atoms with van der Waals surface area (Å²) in [5.74, 6) is 0.363. The highest BCUT2D eigenvalue weighted by Crippen LogP contribution is 2.44. The van der Waals surface area contributed by atoms with Gasteiger partial charge >= 0.3 is 0 Å². The molecular formula is C25H28ClFN2O2. The van der Waals surface area contributed by atoms with E-state index in [9.17, 15) is 9.18 Å². The van der Waals surface area contributed by atoms with Crippen LogP contribution in [0.3, 0.4) is 0 Å². The van der Waals surface area contributed by atoms with Crippen LogP contribution in [0.5, 0.6) is 5.75 Å². The maximum atomic E-state index is 13.5. The number of nitrogens with two attached hydrogens (primary N) is 1. The lowest BCUT2D eigenvalue weighted by atomic mass is 9.63. The first-order valence-electron chi connectivity index (χ1n) is 10.9. The second-order valence-electron chi connectivity index (χ2n) is 8.55. The lowest BCUT2D eigenvalue weighted by Gasteiger charge is -2.45. The largest absolute Gasteiger partial charge is 0.489 e.